The van der Waals surface area contributed by atoms with Crippen LogP contribution < -0.4 is 0 Å². The number of nitrogens with zero attached hydrogens (tertiary/aromatic N) is 4. The number of para-hydroxylation sites is 1. The molecule has 1 aliphatic rings. The number of carbonyl (C=O) groups is 1. The molecule has 0 radical (unpaired) electrons. The van der Waals surface area contributed by atoms with Crippen molar-refractivity contribution >= 4 is 16.8 Å². The summed E-state index contributed by atoms with van der Waals surface area (Å²) in [5, 5.41) is 18.8. The molecule has 1 fully saturated rings. The zero-order chi connectivity index (χ0) is 16.5. The van der Waals surface area contributed by atoms with Gasteiger partial charge in [-0.3, -0.25) is 9.89 Å². The van der Waals surface area contributed by atoms with Gasteiger partial charge in [0.25, 0.3) is 0 Å². The number of amides is 1. The van der Waals surface area contributed by atoms with Gasteiger partial charge < -0.3 is 9.64 Å². The third-order valence-electron chi connectivity index (χ3n) is 4.60. The monoisotopic (exact) mass is 326 g/mol. The van der Waals surface area contributed by atoms with Gasteiger partial charge in [-0.2, -0.15) is 20.5 Å². The Bertz CT molecular complexity index is 843. The lowest BCUT2D eigenvalue weighted by atomic mass is 10.0. The molecule has 0 bridgehead atoms. The van der Waals surface area contributed by atoms with E-state index in [4.69, 9.17) is 4.74 Å². The highest BCUT2D eigenvalue weighted by Crippen LogP contribution is 2.28. The molecule has 124 valence electrons. The molecule has 24 heavy (non-hydrogen) atoms. The van der Waals surface area contributed by atoms with Crippen LogP contribution in [0.15, 0.2) is 30.5 Å². The number of hydrogen-bond donors (Lipinski definition) is 2. The largest absolute Gasteiger partial charge is 0.379 e. The number of likely N-dealkylation sites (tertiary alicyclic amines) is 1. The van der Waals surface area contributed by atoms with Crippen molar-refractivity contribution < 1.29 is 9.53 Å². The fourth-order valence-corrected chi connectivity index (χ4v) is 3.30. The van der Waals surface area contributed by atoms with Crippen LogP contribution in [0.1, 0.15) is 17.3 Å². The number of nitrogens with one attached hydrogen (secondary N) is 2. The number of methoxy groups -OCH3 is 1. The lowest BCUT2D eigenvalue weighted by Crippen LogP contribution is -2.31. The molecule has 0 unspecified atom stereocenters. The highest BCUT2D eigenvalue weighted by atomic mass is 16.5. The van der Waals surface area contributed by atoms with Crippen molar-refractivity contribution in [2.24, 2.45) is 0 Å². The summed E-state index contributed by atoms with van der Waals surface area (Å²) >= 11 is 0. The van der Waals surface area contributed by atoms with Gasteiger partial charge in [0.1, 0.15) is 0 Å². The minimum Gasteiger partial charge on any atom is -0.379 e. The lowest BCUT2D eigenvalue weighted by molar-refractivity contribution is -0.129. The zero-order valence-corrected chi connectivity index (χ0v) is 13.3. The van der Waals surface area contributed by atoms with E-state index in [2.05, 4.69) is 25.6 Å². The molecular formula is C16H18N6O2. The van der Waals surface area contributed by atoms with Crippen molar-refractivity contribution in [1.82, 2.24) is 30.5 Å². The van der Waals surface area contributed by atoms with Crippen LogP contribution in [0.25, 0.3) is 10.9 Å². The number of ether oxygens (including phenoxy) is 1. The summed E-state index contributed by atoms with van der Waals surface area (Å²) in [6, 6.07) is 7.78. The summed E-state index contributed by atoms with van der Waals surface area (Å²) in [4.78, 5) is 14.5. The van der Waals surface area contributed by atoms with E-state index >= 15 is 0 Å². The predicted molar refractivity (Wildman–Crippen MR) is 86.3 cm³/mol. The number of fused-ring (bicyclic) bond motifs is 1. The van der Waals surface area contributed by atoms with Crippen molar-refractivity contribution in [3.8, 4) is 0 Å². The molecular weight excluding hydrogens is 308 g/mol. The standard InChI is InChI=1S/C16H18N6O2/c1-24-15-9-22(8-11(15)14-7-17-21-20-14)16(23)6-13-10-4-2-3-5-12(10)18-19-13/h2-5,7,11,15H,6,8-9H2,1H3,(H,18,19)(H,17,20,21)/t11-,15+/m0/s1. The minimum atomic E-state index is -0.0717. The van der Waals surface area contributed by atoms with E-state index in [0.29, 0.717) is 19.5 Å². The fourth-order valence-electron chi connectivity index (χ4n) is 3.30. The normalized spacial score (nSPS) is 20.8. The highest BCUT2D eigenvalue weighted by molar-refractivity contribution is 5.87. The molecule has 0 aliphatic carbocycles. The van der Waals surface area contributed by atoms with Crippen LogP contribution in [0, 0.1) is 0 Å². The average Bonchev–Trinajstić information content (AvgIpc) is 3.34. The van der Waals surface area contributed by atoms with Crippen LogP contribution in [0.4, 0.5) is 0 Å². The maximum Gasteiger partial charge on any atom is 0.228 e. The second-order valence-electron chi connectivity index (χ2n) is 5.97. The van der Waals surface area contributed by atoms with Crippen molar-refractivity contribution in [3.63, 3.8) is 0 Å². The Morgan fingerprint density at radius 1 is 1.33 bits per heavy atom. The summed E-state index contributed by atoms with van der Waals surface area (Å²) in [5.41, 5.74) is 2.54. The first-order chi connectivity index (χ1) is 11.8. The fraction of sp³-hybridized carbons (Fsp3) is 0.375. The van der Waals surface area contributed by atoms with Gasteiger partial charge in [-0.05, 0) is 6.07 Å². The van der Waals surface area contributed by atoms with Gasteiger partial charge in [-0.25, -0.2) is 0 Å². The number of H-pyrrole nitrogens is 2. The maximum absolute atomic E-state index is 12.7. The molecule has 2 aromatic heterocycles. The SMILES string of the molecule is CO[C@@H]1CN(C(=O)Cc2[nH]nc3ccccc23)C[C@H]1c1cn[nH]n1. The molecule has 0 spiro atoms. The highest BCUT2D eigenvalue weighted by Gasteiger charge is 2.37. The van der Waals surface area contributed by atoms with Crippen molar-refractivity contribution in [2.75, 3.05) is 20.2 Å². The van der Waals surface area contributed by atoms with E-state index in [9.17, 15) is 4.79 Å². The van der Waals surface area contributed by atoms with E-state index in [1.807, 2.05) is 29.2 Å². The number of hydrogen-bond acceptors (Lipinski definition) is 5. The molecule has 8 heteroatoms. The second-order valence-corrected chi connectivity index (χ2v) is 5.97. The van der Waals surface area contributed by atoms with Crippen LogP contribution in [0.2, 0.25) is 0 Å². The van der Waals surface area contributed by atoms with E-state index in [1.54, 1.807) is 13.3 Å². The zero-order valence-electron chi connectivity index (χ0n) is 13.3. The number of carbonyl (C=O) groups excluding carboxylic acids is 1. The van der Waals surface area contributed by atoms with Gasteiger partial charge in [0.2, 0.25) is 5.91 Å². The first-order valence-corrected chi connectivity index (χ1v) is 7.84. The van der Waals surface area contributed by atoms with Crippen molar-refractivity contribution in [3.05, 3.63) is 41.9 Å². The van der Waals surface area contributed by atoms with Crippen molar-refractivity contribution in [1.29, 1.82) is 0 Å². The Kier molecular flexibility index (Phi) is 3.73. The van der Waals surface area contributed by atoms with Crippen LogP contribution in [0.3, 0.4) is 0 Å². The Hall–Kier alpha value is -2.74. The molecule has 4 rings (SSSR count). The smallest absolute Gasteiger partial charge is 0.228 e. The third kappa shape index (κ3) is 2.54. The average molecular weight is 326 g/mol. The second kappa shape index (κ2) is 6.04. The van der Waals surface area contributed by atoms with Gasteiger partial charge in [0.15, 0.2) is 0 Å². The van der Waals surface area contributed by atoms with Gasteiger partial charge in [-0.1, -0.05) is 18.2 Å². The summed E-state index contributed by atoms with van der Waals surface area (Å²) in [5.74, 6) is 0.0914. The molecule has 3 heterocycles. The molecule has 8 nitrogen and oxygen atoms in total. The molecule has 3 aromatic rings. The van der Waals surface area contributed by atoms with Gasteiger partial charge in [0, 0.05) is 25.6 Å². The number of aromatic nitrogens is 5. The summed E-state index contributed by atoms with van der Waals surface area (Å²) in [6.45, 7) is 1.13. The van der Waals surface area contributed by atoms with E-state index in [-0.39, 0.29) is 17.9 Å². The Balaban J connectivity index is 1.51. The van der Waals surface area contributed by atoms with E-state index in [1.165, 1.54) is 0 Å². The number of aromatic amines is 2. The van der Waals surface area contributed by atoms with Crippen LogP contribution in [-0.2, 0) is 16.0 Å². The predicted octanol–water partition coefficient (Wildman–Crippen LogP) is 0.864. The van der Waals surface area contributed by atoms with Gasteiger partial charge in [-0.15, -0.1) is 0 Å². The van der Waals surface area contributed by atoms with Crippen LogP contribution in [-0.4, -0.2) is 62.7 Å². The van der Waals surface area contributed by atoms with E-state index < -0.39 is 0 Å². The quantitative estimate of drug-likeness (QED) is 0.741. The summed E-state index contributed by atoms with van der Waals surface area (Å²) in [7, 11) is 1.66. The molecule has 2 atom stereocenters. The Morgan fingerprint density at radius 2 is 2.21 bits per heavy atom. The Labute approximate surface area is 138 Å². The third-order valence-corrected chi connectivity index (χ3v) is 4.60. The summed E-state index contributed by atoms with van der Waals surface area (Å²) < 4.78 is 5.54. The van der Waals surface area contributed by atoms with Crippen LogP contribution in [0.5, 0.6) is 0 Å². The van der Waals surface area contributed by atoms with Crippen LogP contribution >= 0.6 is 0 Å². The molecule has 1 saturated heterocycles. The maximum atomic E-state index is 12.7. The number of rotatable bonds is 4. The topological polar surface area (TPSA) is 99.8 Å². The molecule has 1 aromatic carbocycles. The molecule has 1 aliphatic heterocycles. The first kappa shape index (κ1) is 14.8. The van der Waals surface area contributed by atoms with Crippen molar-refractivity contribution in [2.45, 2.75) is 18.4 Å². The molecule has 2 N–H and O–H groups in total. The van der Waals surface area contributed by atoms with E-state index in [0.717, 1.165) is 22.3 Å². The van der Waals surface area contributed by atoms with Gasteiger partial charge >= 0.3 is 0 Å². The first-order valence-electron chi connectivity index (χ1n) is 7.84. The van der Waals surface area contributed by atoms with Gasteiger partial charge in [0.05, 0.1) is 41.5 Å². The molecule has 0 saturated carbocycles. The summed E-state index contributed by atoms with van der Waals surface area (Å²) in [6.07, 6.45) is 1.91. The Morgan fingerprint density at radius 3 is 3.00 bits per heavy atom. The number of benzene rings is 1. The molecule has 1 amide bonds. The minimum absolute atomic E-state index is 0.0382. The lowest BCUT2D eigenvalue weighted by Gasteiger charge is -2.15.